The van der Waals surface area contributed by atoms with Crippen LogP contribution in [-0.2, 0) is 21.2 Å². The molecule has 1 N–H and O–H groups in total. The molecule has 0 saturated carbocycles. The van der Waals surface area contributed by atoms with Gasteiger partial charge in [0.25, 0.3) is 0 Å². The smallest absolute Gasteiger partial charge is 0.243 e. The average Bonchev–Trinajstić information content (AvgIpc) is 3.05. The standard InChI is InChI=1S/C22H24N4O3S2/c27-21(14-19-16-30-22(25-19)17-7-6-10-23-15-17)24-18-8-5-9-20(13-18)31(28,29)26-11-3-1-2-4-12-26/h5-10,13,15-16H,1-4,11-12,14H2,(H,24,27). The Kier molecular flexibility index (Phi) is 6.74. The van der Waals surface area contributed by atoms with Crippen molar-refractivity contribution in [2.45, 2.75) is 37.0 Å². The van der Waals surface area contributed by atoms with Gasteiger partial charge in [-0.25, -0.2) is 13.4 Å². The van der Waals surface area contributed by atoms with Crippen LogP contribution in [0.2, 0.25) is 0 Å². The highest BCUT2D eigenvalue weighted by Crippen LogP contribution is 2.24. The van der Waals surface area contributed by atoms with E-state index in [0.717, 1.165) is 36.3 Å². The molecule has 3 heterocycles. The molecule has 0 spiro atoms. The Labute approximate surface area is 186 Å². The number of anilines is 1. The van der Waals surface area contributed by atoms with Crippen molar-refractivity contribution in [2.24, 2.45) is 0 Å². The van der Waals surface area contributed by atoms with Crippen LogP contribution in [0.4, 0.5) is 5.69 Å². The molecule has 4 rings (SSSR count). The molecule has 7 nitrogen and oxygen atoms in total. The molecule has 0 bridgehead atoms. The van der Waals surface area contributed by atoms with E-state index in [4.69, 9.17) is 0 Å². The highest BCUT2D eigenvalue weighted by atomic mass is 32.2. The van der Waals surface area contributed by atoms with E-state index in [0.29, 0.717) is 24.5 Å². The SMILES string of the molecule is O=C(Cc1csc(-c2cccnc2)n1)Nc1cccc(S(=O)(=O)N2CCCCCC2)c1. The fourth-order valence-corrected chi connectivity index (χ4v) is 5.92. The number of thiazole rings is 1. The minimum atomic E-state index is -3.56. The second kappa shape index (κ2) is 9.67. The quantitative estimate of drug-likeness (QED) is 0.606. The number of amides is 1. The number of benzene rings is 1. The van der Waals surface area contributed by atoms with E-state index in [1.54, 1.807) is 34.9 Å². The van der Waals surface area contributed by atoms with E-state index in [1.807, 2.05) is 17.5 Å². The summed E-state index contributed by atoms with van der Waals surface area (Å²) in [6.45, 7) is 1.09. The predicted molar refractivity (Wildman–Crippen MR) is 121 cm³/mol. The van der Waals surface area contributed by atoms with Crippen molar-refractivity contribution in [1.29, 1.82) is 0 Å². The molecule has 1 saturated heterocycles. The van der Waals surface area contributed by atoms with Crippen LogP contribution < -0.4 is 5.32 Å². The van der Waals surface area contributed by atoms with Gasteiger partial charge < -0.3 is 5.32 Å². The zero-order chi connectivity index (χ0) is 21.7. The summed E-state index contributed by atoms with van der Waals surface area (Å²) < 4.78 is 27.6. The molecule has 0 unspecified atom stereocenters. The summed E-state index contributed by atoms with van der Waals surface area (Å²) in [6.07, 6.45) is 7.42. The van der Waals surface area contributed by atoms with Gasteiger partial charge in [-0.3, -0.25) is 9.78 Å². The van der Waals surface area contributed by atoms with Crippen LogP contribution in [0.5, 0.6) is 0 Å². The molecule has 162 valence electrons. The molecule has 1 aliphatic rings. The van der Waals surface area contributed by atoms with E-state index < -0.39 is 10.0 Å². The van der Waals surface area contributed by atoms with Gasteiger partial charge in [0.15, 0.2) is 0 Å². The Morgan fingerprint density at radius 1 is 1.10 bits per heavy atom. The lowest BCUT2D eigenvalue weighted by atomic mass is 10.2. The number of nitrogens with one attached hydrogen (secondary N) is 1. The molecule has 9 heteroatoms. The zero-order valence-electron chi connectivity index (χ0n) is 17.0. The van der Waals surface area contributed by atoms with Crippen molar-refractivity contribution < 1.29 is 13.2 Å². The van der Waals surface area contributed by atoms with E-state index in [-0.39, 0.29) is 17.2 Å². The Balaban J connectivity index is 1.43. The fourth-order valence-electron chi connectivity index (χ4n) is 3.55. The van der Waals surface area contributed by atoms with Crippen molar-refractivity contribution in [2.75, 3.05) is 18.4 Å². The fraction of sp³-hybridized carbons (Fsp3) is 0.318. The van der Waals surface area contributed by atoms with Crippen molar-refractivity contribution in [3.05, 3.63) is 59.9 Å². The summed E-state index contributed by atoms with van der Waals surface area (Å²) in [4.78, 5) is 21.3. The lowest BCUT2D eigenvalue weighted by Gasteiger charge is -2.20. The summed E-state index contributed by atoms with van der Waals surface area (Å²) in [7, 11) is -3.56. The monoisotopic (exact) mass is 456 g/mol. The maximum Gasteiger partial charge on any atom is 0.243 e. The Bertz CT molecular complexity index is 1140. The first-order valence-electron chi connectivity index (χ1n) is 10.3. The maximum absolute atomic E-state index is 13.0. The molecule has 0 radical (unpaired) electrons. The number of sulfonamides is 1. The minimum Gasteiger partial charge on any atom is -0.326 e. The lowest BCUT2D eigenvalue weighted by Crippen LogP contribution is -2.32. The normalized spacial score (nSPS) is 15.4. The van der Waals surface area contributed by atoms with Crippen LogP contribution >= 0.6 is 11.3 Å². The highest BCUT2D eigenvalue weighted by molar-refractivity contribution is 7.89. The molecule has 2 aromatic heterocycles. The summed E-state index contributed by atoms with van der Waals surface area (Å²) >= 11 is 1.46. The second-order valence-corrected chi connectivity index (χ2v) is 10.3. The molecule has 1 amide bonds. The van der Waals surface area contributed by atoms with Crippen LogP contribution in [0.15, 0.2) is 59.1 Å². The zero-order valence-corrected chi connectivity index (χ0v) is 18.7. The first-order valence-corrected chi connectivity index (χ1v) is 12.6. The van der Waals surface area contributed by atoms with Crippen molar-refractivity contribution >= 4 is 33.0 Å². The third-order valence-corrected chi connectivity index (χ3v) is 7.96. The van der Waals surface area contributed by atoms with E-state index in [9.17, 15) is 13.2 Å². The van der Waals surface area contributed by atoms with Crippen molar-refractivity contribution in [3.63, 3.8) is 0 Å². The number of nitrogens with zero attached hydrogens (tertiary/aromatic N) is 3. The van der Waals surface area contributed by atoms with Gasteiger partial charge >= 0.3 is 0 Å². The molecule has 0 aliphatic carbocycles. The van der Waals surface area contributed by atoms with Gasteiger partial charge in [0, 0.05) is 42.1 Å². The van der Waals surface area contributed by atoms with Gasteiger partial charge in [0.1, 0.15) is 5.01 Å². The minimum absolute atomic E-state index is 0.111. The first-order chi connectivity index (χ1) is 15.0. The molecule has 3 aromatic rings. The maximum atomic E-state index is 13.0. The van der Waals surface area contributed by atoms with Gasteiger partial charge in [-0.15, -0.1) is 11.3 Å². The number of pyridine rings is 1. The number of carbonyl (C=O) groups is 1. The van der Waals surface area contributed by atoms with Crippen molar-refractivity contribution in [1.82, 2.24) is 14.3 Å². The van der Waals surface area contributed by atoms with Gasteiger partial charge in [-0.1, -0.05) is 18.9 Å². The van der Waals surface area contributed by atoms with Crippen molar-refractivity contribution in [3.8, 4) is 10.6 Å². The summed E-state index contributed by atoms with van der Waals surface area (Å²) in [5.74, 6) is -0.243. The topological polar surface area (TPSA) is 92.3 Å². The number of carbonyl (C=O) groups excluding carboxylic acids is 1. The average molecular weight is 457 g/mol. The van der Waals surface area contributed by atoms with Crippen LogP contribution in [0.1, 0.15) is 31.4 Å². The Hall–Kier alpha value is -2.62. The lowest BCUT2D eigenvalue weighted by molar-refractivity contribution is -0.115. The highest BCUT2D eigenvalue weighted by Gasteiger charge is 2.25. The van der Waals surface area contributed by atoms with E-state index in [2.05, 4.69) is 15.3 Å². The molecule has 1 fully saturated rings. The Morgan fingerprint density at radius 3 is 2.65 bits per heavy atom. The van der Waals surface area contributed by atoms with Crippen LogP contribution in [0, 0.1) is 0 Å². The largest absolute Gasteiger partial charge is 0.326 e. The van der Waals surface area contributed by atoms with Gasteiger partial charge in [-0.2, -0.15) is 4.31 Å². The number of aromatic nitrogens is 2. The summed E-state index contributed by atoms with van der Waals surface area (Å²) in [6, 6.07) is 10.2. The van der Waals surface area contributed by atoms with Gasteiger partial charge in [0.2, 0.25) is 15.9 Å². The second-order valence-electron chi connectivity index (χ2n) is 7.46. The third-order valence-electron chi connectivity index (χ3n) is 5.12. The number of hydrogen-bond donors (Lipinski definition) is 1. The van der Waals surface area contributed by atoms with Crippen LogP contribution in [0.25, 0.3) is 10.6 Å². The molecular formula is C22H24N4O3S2. The summed E-state index contributed by atoms with van der Waals surface area (Å²) in [5, 5.41) is 5.45. The number of hydrogen-bond acceptors (Lipinski definition) is 6. The number of rotatable bonds is 6. The van der Waals surface area contributed by atoms with Gasteiger partial charge in [-0.05, 0) is 43.2 Å². The summed E-state index contributed by atoms with van der Waals surface area (Å²) in [5.41, 5.74) is 2.03. The van der Waals surface area contributed by atoms with Crippen LogP contribution in [0.3, 0.4) is 0 Å². The van der Waals surface area contributed by atoms with E-state index in [1.165, 1.54) is 17.4 Å². The molecular weight excluding hydrogens is 432 g/mol. The predicted octanol–water partition coefficient (Wildman–Crippen LogP) is 3.95. The molecule has 0 atom stereocenters. The Morgan fingerprint density at radius 2 is 1.90 bits per heavy atom. The van der Waals surface area contributed by atoms with Crippen LogP contribution in [-0.4, -0.2) is 41.7 Å². The first kappa shape index (κ1) is 21.6. The molecule has 1 aromatic carbocycles. The van der Waals surface area contributed by atoms with Gasteiger partial charge in [0.05, 0.1) is 17.0 Å². The third kappa shape index (κ3) is 5.36. The molecule has 31 heavy (non-hydrogen) atoms. The van der Waals surface area contributed by atoms with E-state index >= 15 is 0 Å². The molecule has 1 aliphatic heterocycles.